The van der Waals surface area contributed by atoms with Gasteiger partial charge in [0, 0.05) is 46.9 Å². The Balaban J connectivity index is 0.000000390. The molecule has 0 saturated heterocycles. The molecule has 2 N–H and O–H groups in total. The molecule has 0 radical (unpaired) electrons. The number of aromatic nitrogens is 4. The third kappa shape index (κ3) is 21.4. The fraction of sp³-hybridized carbons (Fsp3) is 0.353. The van der Waals surface area contributed by atoms with Gasteiger partial charge in [0.15, 0.2) is 11.6 Å². The number of ether oxygens (including phenoxy) is 2. The van der Waals surface area contributed by atoms with E-state index in [9.17, 15) is 22.5 Å². The van der Waals surface area contributed by atoms with Gasteiger partial charge in [0.05, 0.1) is 0 Å². The normalized spacial score (nSPS) is 10.9. The average molecular weight is 786 g/mol. The summed E-state index contributed by atoms with van der Waals surface area (Å²) >= 11 is 3.38. The Hall–Kier alpha value is -2.89. The van der Waals surface area contributed by atoms with Crippen molar-refractivity contribution < 1.29 is 83.4 Å². The molecule has 0 aliphatic heterocycles. The number of hydrogen-bond donors (Lipinski definition) is 2. The van der Waals surface area contributed by atoms with Crippen LogP contribution in [-0.2, 0) is 15.9 Å². The second-order valence-electron chi connectivity index (χ2n) is 12.5. The van der Waals surface area contributed by atoms with E-state index in [4.69, 9.17) is 9.47 Å². The SMILES string of the molecule is Brc1ccc(-c2ncccn2)cc1.CC(C)(C)OC(=O)NCC[B-](F)(F)F.CC(C)(C)OC(=O)NCCc1ccc(-c2ncccn2)cc1.[K+]. The monoisotopic (exact) mass is 784 g/mol. The number of hydrogen-bond acceptors (Lipinski definition) is 8. The number of nitrogens with one attached hydrogen (secondary N) is 2. The molecule has 2 aromatic heterocycles. The molecule has 0 unspecified atom stereocenters. The topological polar surface area (TPSA) is 128 Å². The van der Waals surface area contributed by atoms with Crippen molar-refractivity contribution in [2.24, 2.45) is 0 Å². The minimum Gasteiger partial charge on any atom is -0.449 e. The summed E-state index contributed by atoms with van der Waals surface area (Å²) in [5, 5.41) is 4.78. The van der Waals surface area contributed by atoms with Crippen LogP contribution in [0, 0.1) is 0 Å². The first-order valence-corrected chi connectivity index (χ1v) is 16.2. The molecule has 0 spiro atoms. The van der Waals surface area contributed by atoms with Crippen LogP contribution in [0.4, 0.5) is 22.5 Å². The molecular formula is C34H42BBrF3KN6O4. The Kier molecular flexibility index (Phi) is 20.0. The third-order valence-electron chi connectivity index (χ3n) is 5.67. The molecule has 0 bridgehead atoms. The molecule has 0 fully saturated rings. The zero-order valence-corrected chi connectivity index (χ0v) is 34.1. The molecule has 2 heterocycles. The van der Waals surface area contributed by atoms with E-state index in [1.165, 1.54) is 0 Å². The van der Waals surface area contributed by atoms with Crippen molar-refractivity contribution in [3.05, 3.63) is 95.5 Å². The van der Waals surface area contributed by atoms with Gasteiger partial charge in [0.1, 0.15) is 11.2 Å². The first-order chi connectivity index (χ1) is 22.9. The molecule has 50 heavy (non-hydrogen) atoms. The number of alkyl carbamates (subject to hydrolysis) is 2. The van der Waals surface area contributed by atoms with Gasteiger partial charge in [-0.3, -0.25) is 0 Å². The third-order valence-corrected chi connectivity index (χ3v) is 6.20. The molecule has 4 aromatic rings. The zero-order valence-electron chi connectivity index (χ0n) is 29.4. The van der Waals surface area contributed by atoms with Crippen LogP contribution in [0.1, 0.15) is 47.1 Å². The van der Waals surface area contributed by atoms with Crippen LogP contribution in [0.25, 0.3) is 22.8 Å². The Labute approximate surface area is 342 Å². The van der Waals surface area contributed by atoms with E-state index in [1.54, 1.807) is 51.6 Å². The average Bonchev–Trinajstić information content (AvgIpc) is 3.01. The van der Waals surface area contributed by atoms with E-state index in [2.05, 4.69) is 41.2 Å². The van der Waals surface area contributed by atoms with Gasteiger partial charge >= 0.3 is 70.5 Å². The molecule has 264 valence electrons. The van der Waals surface area contributed by atoms with Crippen molar-refractivity contribution in [3.63, 3.8) is 0 Å². The van der Waals surface area contributed by atoms with Gasteiger partial charge in [-0.15, -0.1) is 0 Å². The van der Waals surface area contributed by atoms with E-state index in [1.807, 2.05) is 80.7 Å². The summed E-state index contributed by atoms with van der Waals surface area (Å²) in [7, 11) is 0. The molecule has 4 rings (SSSR count). The van der Waals surface area contributed by atoms with Crippen molar-refractivity contribution >= 4 is 35.1 Å². The Morgan fingerprint density at radius 2 is 1.06 bits per heavy atom. The quantitative estimate of drug-likeness (QED) is 0.225. The second kappa shape index (κ2) is 22.1. The van der Waals surface area contributed by atoms with E-state index >= 15 is 0 Å². The van der Waals surface area contributed by atoms with Gasteiger partial charge in [-0.1, -0.05) is 58.6 Å². The summed E-state index contributed by atoms with van der Waals surface area (Å²) in [6.07, 6.45) is 5.48. The number of halogens is 4. The van der Waals surface area contributed by atoms with Crippen molar-refractivity contribution in [1.29, 1.82) is 0 Å². The molecule has 10 nitrogen and oxygen atoms in total. The van der Waals surface area contributed by atoms with Gasteiger partial charge in [-0.05, 0) is 84.3 Å². The van der Waals surface area contributed by atoms with Crippen LogP contribution in [0.5, 0.6) is 0 Å². The molecule has 0 aliphatic rings. The first-order valence-electron chi connectivity index (χ1n) is 15.4. The maximum absolute atomic E-state index is 11.7. The van der Waals surface area contributed by atoms with E-state index < -0.39 is 37.1 Å². The maximum Gasteiger partial charge on any atom is 1.00 e. The predicted molar refractivity (Wildman–Crippen MR) is 189 cm³/mol. The van der Waals surface area contributed by atoms with Gasteiger partial charge in [-0.2, -0.15) is 0 Å². The Morgan fingerprint density at radius 1 is 0.680 bits per heavy atom. The van der Waals surface area contributed by atoms with Crippen LogP contribution < -0.4 is 62.0 Å². The first kappa shape index (κ1) is 45.1. The van der Waals surface area contributed by atoms with Crippen LogP contribution >= 0.6 is 15.9 Å². The number of carbonyl (C=O) groups excluding carboxylic acids is 2. The Bertz CT molecular complexity index is 1560. The number of benzene rings is 2. The summed E-state index contributed by atoms with van der Waals surface area (Å²) in [5.74, 6) is 1.47. The van der Waals surface area contributed by atoms with Crippen molar-refractivity contribution in [2.45, 2.75) is 65.5 Å². The largest absolute Gasteiger partial charge is 1.00 e. The molecule has 16 heteroatoms. The van der Waals surface area contributed by atoms with Crippen LogP contribution in [0.15, 0.2) is 89.9 Å². The van der Waals surface area contributed by atoms with E-state index in [0.29, 0.717) is 12.4 Å². The number of amides is 2. The zero-order chi connectivity index (χ0) is 36.5. The molecular weight excluding hydrogens is 743 g/mol. The molecule has 0 aliphatic carbocycles. The van der Waals surface area contributed by atoms with Gasteiger partial charge in [0.2, 0.25) is 0 Å². The van der Waals surface area contributed by atoms with Crippen LogP contribution in [0.2, 0.25) is 6.32 Å². The minimum absolute atomic E-state index is 0. The summed E-state index contributed by atoms with van der Waals surface area (Å²) in [5.41, 5.74) is 1.98. The standard InChI is InChI=1S/C17H21N3O2.C10H7BrN2.C7H14BF3NO2.K/c1-17(2,3)22-16(21)20-12-9-13-5-7-14(8-6-13)15-18-10-4-11-19-15;11-9-4-2-8(3-5-9)10-12-6-1-7-13-10;1-7(2,3)14-6(13)12-5-4-8(9,10)11;/h4-8,10-11H,9,12H2,1-3H3,(H,20,21);1-7H;4-5H2,1-3H3,(H,12,13);/q;;-1;+1. The van der Waals surface area contributed by atoms with Crippen molar-refractivity contribution in [2.75, 3.05) is 13.1 Å². The summed E-state index contributed by atoms with van der Waals surface area (Å²) in [6, 6.07) is 19.5. The van der Waals surface area contributed by atoms with Gasteiger partial charge < -0.3 is 33.1 Å². The van der Waals surface area contributed by atoms with E-state index in [0.717, 1.165) is 33.4 Å². The Morgan fingerprint density at radius 3 is 1.44 bits per heavy atom. The number of carbonyl (C=O) groups is 2. The predicted octanol–water partition coefficient (Wildman–Crippen LogP) is 5.48. The fourth-order valence-electron chi connectivity index (χ4n) is 3.59. The molecule has 2 amide bonds. The summed E-state index contributed by atoms with van der Waals surface area (Å²) < 4.78 is 46.1. The summed E-state index contributed by atoms with van der Waals surface area (Å²) in [4.78, 5) is 39.1. The van der Waals surface area contributed by atoms with Gasteiger partial charge in [0.25, 0.3) is 0 Å². The van der Waals surface area contributed by atoms with Crippen molar-refractivity contribution in [1.82, 2.24) is 30.6 Å². The smallest absolute Gasteiger partial charge is 0.449 e. The van der Waals surface area contributed by atoms with Crippen LogP contribution in [0.3, 0.4) is 0 Å². The minimum atomic E-state index is -4.84. The maximum atomic E-state index is 11.7. The van der Waals surface area contributed by atoms with Crippen LogP contribution in [-0.4, -0.2) is 63.4 Å². The summed E-state index contributed by atoms with van der Waals surface area (Å²) in [6.45, 7) is 5.72. The van der Waals surface area contributed by atoms with Crippen molar-refractivity contribution in [3.8, 4) is 22.8 Å². The molecule has 2 aromatic carbocycles. The van der Waals surface area contributed by atoms with Gasteiger partial charge in [-0.25, -0.2) is 29.5 Å². The molecule has 0 atom stereocenters. The molecule has 0 saturated carbocycles. The number of nitrogens with zero attached hydrogens (tertiary/aromatic N) is 4. The second-order valence-corrected chi connectivity index (χ2v) is 13.4. The fourth-order valence-corrected chi connectivity index (χ4v) is 3.86. The number of rotatable bonds is 8. The van der Waals surface area contributed by atoms with E-state index in [-0.39, 0.29) is 57.5 Å².